The van der Waals surface area contributed by atoms with Gasteiger partial charge in [0.15, 0.2) is 0 Å². The molecule has 5 atom stereocenters. The fourth-order valence-electron chi connectivity index (χ4n) is 5.81. The number of rotatable bonds is 11. The zero-order valence-electron chi connectivity index (χ0n) is 21.5. The Morgan fingerprint density at radius 1 is 1.24 bits per heavy atom. The Kier molecular flexibility index (Phi) is 9.87. The summed E-state index contributed by atoms with van der Waals surface area (Å²) in [5, 5.41) is 21.1. The number of benzene rings is 1. The number of nitrogens with zero attached hydrogens (tertiary/aromatic N) is 1. The van der Waals surface area contributed by atoms with Crippen LogP contribution < -0.4 is 0 Å². The molecule has 0 aliphatic heterocycles. The highest BCUT2D eigenvalue weighted by atomic mass is 32.2. The number of aliphatic hydroxyl groups is 2. The molecule has 2 aliphatic carbocycles. The van der Waals surface area contributed by atoms with E-state index >= 15 is 0 Å². The van der Waals surface area contributed by atoms with Crippen LogP contribution in [0.2, 0.25) is 0 Å². The molecule has 0 unspecified atom stereocenters. The first-order valence-corrected chi connectivity index (χ1v) is 14.0. The van der Waals surface area contributed by atoms with Crippen LogP contribution in [0.1, 0.15) is 58.1 Å². The Morgan fingerprint density at radius 3 is 2.65 bits per heavy atom. The van der Waals surface area contributed by atoms with Crippen LogP contribution in [0.3, 0.4) is 0 Å². The maximum atomic E-state index is 12.6. The largest absolute Gasteiger partial charge is 0.392 e. The Balaban J connectivity index is 1.45. The highest BCUT2D eigenvalue weighted by molar-refractivity contribution is 7.99. The normalized spacial score (nSPS) is 25.3. The molecule has 2 aliphatic rings. The van der Waals surface area contributed by atoms with E-state index in [1.54, 1.807) is 11.8 Å². The first kappa shape index (κ1) is 27.0. The van der Waals surface area contributed by atoms with Gasteiger partial charge in [0.25, 0.3) is 0 Å². The van der Waals surface area contributed by atoms with Crippen molar-refractivity contribution in [1.29, 1.82) is 0 Å². The van der Waals surface area contributed by atoms with Crippen molar-refractivity contribution in [3.05, 3.63) is 59.2 Å². The van der Waals surface area contributed by atoms with Crippen LogP contribution in [-0.4, -0.2) is 56.8 Å². The number of fused-ring (bicyclic) bond motifs is 1. The van der Waals surface area contributed by atoms with Gasteiger partial charge < -0.3 is 15.1 Å². The lowest BCUT2D eigenvalue weighted by Crippen LogP contribution is -2.43. The average Bonchev–Trinajstić information content (AvgIpc) is 3.25. The van der Waals surface area contributed by atoms with E-state index in [-0.39, 0.29) is 30.0 Å². The number of hydrogen-bond donors (Lipinski definition) is 2. The van der Waals surface area contributed by atoms with Crippen LogP contribution in [0.5, 0.6) is 0 Å². The molecule has 1 fully saturated rings. The minimum Gasteiger partial charge on any atom is -0.392 e. The third-order valence-electron chi connectivity index (χ3n) is 7.23. The van der Waals surface area contributed by atoms with Gasteiger partial charge in [-0.2, -0.15) is 11.8 Å². The summed E-state index contributed by atoms with van der Waals surface area (Å²) >= 11 is 1.73. The summed E-state index contributed by atoms with van der Waals surface area (Å²) in [5.41, 5.74) is 3.80. The molecule has 1 aromatic carbocycles. The molecular formula is C29H43NO3S. The molecule has 4 nitrogen and oxygen atoms in total. The lowest BCUT2D eigenvalue weighted by atomic mass is 9.88. The number of aryl methyl sites for hydroxylation is 1. The van der Waals surface area contributed by atoms with E-state index in [9.17, 15) is 15.0 Å². The van der Waals surface area contributed by atoms with Crippen LogP contribution in [0.15, 0.2) is 48.1 Å². The fourth-order valence-corrected chi connectivity index (χ4v) is 6.68. The standard InChI is InChI=1S/C29H43NO3S/c1-19(2)30(20(3)4)29(33)18-34-12-11-23-14-24-17-28(32)26(27(24)16-23)10-9-25(31)15-22-8-6-7-21(5)13-22/h6-10,13-14,19-20,24-28,31-32H,11-12,15-18H2,1-5H3/t24-,25-,26+,27-,28+/m0/s1. The molecule has 0 heterocycles. The second-order valence-corrected chi connectivity index (χ2v) is 11.8. The molecule has 1 aromatic rings. The molecule has 0 saturated heterocycles. The summed E-state index contributed by atoms with van der Waals surface area (Å²) < 4.78 is 0. The van der Waals surface area contributed by atoms with Gasteiger partial charge in [0.1, 0.15) is 0 Å². The topological polar surface area (TPSA) is 60.8 Å². The van der Waals surface area contributed by atoms with Gasteiger partial charge in [0, 0.05) is 24.4 Å². The molecule has 1 amide bonds. The predicted octanol–water partition coefficient (Wildman–Crippen LogP) is 5.17. The summed E-state index contributed by atoms with van der Waals surface area (Å²) in [7, 11) is 0. The predicted molar refractivity (Wildman–Crippen MR) is 143 cm³/mol. The molecule has 0 spiro atoms. The van der Waals surface area contributed by atoms with Crippen molar-refractivity contribution in [1.82, 2.24) is 4.90 Å². The van der Waals surface area contributed by atoms with Crippen LogP contribution >= 0.6 is 11.8 Å². The number of hydrogen-bond acceptors (Lipinski definition) is 4. The van der Waals surface area contributed by atoms with Gasteiger partial charge >= 0.3 is 0 Å². The van der Waals surface area contributed by atoms with Gasteiger partial charge in [-0.25, -0.2) is 0 Å². The van der Waals surface area contributed by atoms with E-state index < -0.39 is 6.10 Å². The Morgan fingerprint density at radius 2 is 1.97 bits per heavy atom. The molecule has 2 N–H and O–H groups in total. The van der Waals surface area contributed by atoms with Crippen molar-refractivity contribution < 1.29 is 15.0 Å². The van der Waals surface area contributed by atoms with E-state index in [1.807, 2.05) is 23.1 Å². The van der Waals surface area contributed by atoms with Gasteiger partial charge in [-0.1, -0.05) is 53.6 Å². The molecule has 34 heavy (non-hydrogen) atoms. The maximum Gasteiger partial charge on any atom is 0.233 e. The smallest absolute Gasteiger partial charge is 0.233 e. The maximum absolute atomic E-state index is 12.6. The number of amides is 1. The van der Waals surface area contributed by atoms with Crippen LogP contribution in [0.4, 0.5) is 0 Å². The minimum absolute atomic E-state index is 0.103. The third-order valence-corrected chi connectivity index (χ3v) is 8.17. The number of allylic oxidation sites excluding steroid dienone is 2. The summed E-state index contributed by atoms with van der Waals surface area (Å²) in [6.45, 7) is 10.4. The highest BCUT2D eigenvalue weighted by Crippen LogP contribution is 2.48. The van der Waals surface area contributed by atoms with Crippen molar-refractivity contribution in [3.8, 4) is 0 Å². The van der Waals surface area contributed by atoms with E-state index in [4.69, 9.17) is 0 Å². The molecule has 0 radical (unpaired) electrons. The van der Waals surface area contributed by atoms with E-state index in [1.165, 1.54) is 11.1 Å². The van der Waals surface area contributed by atoms with Crippen molar-refractivity contribution in [3.63, 3.8) is 0 Å². The lowest BCUT2D eigenvalue weighted by Gasteiger charge is -2.30. The summed E-state index contributed by atoms with van der Waals surface area (Å²) in [6.07, 6.45) is 8.88. The van der Waals surface area contributed by atoms with Gasteiger partial charge in [-0.05, 0) is 77.0 Å². The Hall–Kier alpha value is -1.56. The van der Waals surface area contributed by atoms with Gasteiger partial charge in [0.05, 0.1) is 18.0 Å². The summed E-state index contributed by atoms with van der Waals surface area (Å²) in [5.74, 6) is 2.68. The van der Waals surface area contributed by atoms with Gasteiger partial charge in [-0.15, -0.1) is 0 Å². The van der Waals surface area contributed by atoms with Crippen LogP contribution in [0.25, 0.3) is 0 Å². The van der Waals surface area contributed by atoms with E-state index in [0.29, 0.717) is 24.0 Å². The van der Waals surface area contributed by atoms with E-state index in [0.717, 1.165) is 30.6 Å². The van der Waals surface area contributed by atoms with Crippen molar-refractivity contribution in [2.24, 2.45) is 17.8 Å². The number of aliphatic hydroxyl groups excluding tert-OH is 2. The second-order valence-electron chi connectivity index (χ2n) is 10.7. The lowest BCUT2D eigenvalue weighted by molar-refractivity contribution is -0.131. The van der Waals surface area contributed by atoms with Crippen molar-refractivity contribution >= 4 is 17.7 Å². The summed E-state index contributed by atoms with van der Waals surface area (Å²) in [6, 6.07) is 8.71. The highest BCUT2D eigenvalue weighted by Gasteiger charge is 2.43. The van der Waals surface area contributed by atoms with Gasteiger partial charge in [-0.3, -0.25) is 4.79 Å². The first-order valence-electron chi connectivity index (χ1n) is 12.8. The van der Waals surface area contributed by atoms with Gasteiger partial charge in [0.2, 0.25) is 5.91 Å². The Labute approximate surface area is 210 Å². The number of carbonyl (C=O) groups is 1. The molecule has 5 heteroatoms. The SMILES string of the molecule is Cc1cccc(C[C@@H](O)C=C[C@@H]2[C@H]3CC(CCSCC(=O)N(C(C)C)C(C)C)=C[C@H]3C[C@H]2O)c1. The number of carbonyl (C=O) groups excluding carboxylic acids is 1. The van der Waals surface area contributed by atoms with Crippen molar-refractivity contribution in [2.45, 2.75) is 84.6 Å². The molecule has 1 saturated carbocycles. The summed E-state index contributed by atoms with van der Waals surface area (Å²) in [4.78, 5) is 14.5. The Bertz CT molecular complexity index is 870. The quantitative estimate of drug-likeness (QED) is 0.335. The molecular weight excluding hydrogens is 442 g/mol. The zero-order valence-corrected chi connectivity index (χ0v) is 22.3. The van der Waals surface area contributed by atoms with Crippen LogP contribution in [-0.2, 0) is 11.2 Å². The molecule has 0 bridgehead atoms. The first-order chi connectivity index (χ1) is 16.2. The van der Waals surface area contributed by atoms with E-state index in [2.05, 4.69) is 58.9 Å². The van der Waals surface area contributed by atoms with Crippen LogP contribution in [0, 0.1) is 24.7 Å². The average molecular weight is 486 g/mol. The zero-order chi connectivity index (χ0) is 24.8. The fraction of sp³-hybridized carbons (Fsp3) is 0.621. The van der Waals surface area contributed by atoms with Crippen molar-refractivity contribution in [2.75, 3.05) is 11.5 Å². The second kappa shape index (κ2) is 12.4. The molecule has 188 valence electrons. The third kappa shape index (κ3) is 7.22. The number of thioether (sulfide) groups is 1. The molecule has 0 aromatic heterocycles. The minimum atomic E-state index is -0.535. The monoisotopic (exact) mass is 485 g/mol. The molecule has 3 rings (SSSR count).